The van der Waals surface area contributed by atoms with Gasteiger partial charge in [-0.05, 0) is 77.1 Å². The zero-order valence-electron chi connectivity index (χ0n) is 30.2. The van der Waals surface area contributed by atoms with E-state index in [1.807, 2.05) is 29.5 Å². The first-order valence-electron chi connectivity index (χ1n) is 18.8. The van der Waals surface area contributed by atoms with Crippen LogP contribution < -0.4 is 25.2 Å². The van der Waals surface area contributed by atoms with Gasteiger partial charge in [0.15, 0.2) is 11.3 Å². The van der Waals surface area contributed by atoms with Gasteiger partial charge in [-0.1, -0.05) is 87.5 Å². The lowest BCUT2D eigenvalue weighted by Gasteiger charge is -2.31. The van der Waals surface area contributed by atoms with Gasteiger partial charge in [0.05, 0.1) is 27.5 Å². The normalized spacial score (nSPS) is 13.6. The van der Waals surface area contributed by atoms with E-state index < -0.39 is 0 Å². The third kappa shape index (κ3) is 3.83. The Morgan fingerprint density at radius 1 is 0.564 bits per heavy atom. The molecule has 13 rings (SSSR count). The van der Waals surface area contributed by atoms with E-state index in [1.54, 1.807) is 0 Å². The van der Waals surface area contributed by atoms with Gasteiger partial charge in [0.25, 0.3) is 6.71 Å². The van der Waals surface area contributed by atoms with Crippen molar-refractivity contribution in [3.63, 3.8) is 0 Å². The molecule has 260 valence electrons. The average Bonchev–Trinajstić information content (AvgIpc) is 3.96. The van der Waals surface area contributed by atoms with Crippen LogP contribution in [0.15, 0.2) is 136 Å². The van der Waals surface area contributed by atoms with Crippen molar-refractivity contribution >= 4 is 110 Å². The molecule has 0 unspecified atom stereocenters. The third-order valence-electron chi connectivity index (χ3n) is 11.9. The van der Waals surface area contributed by atoms with Crippen molar-refractivity contribution in [2.24, 2.45) is 0 Å². The monoisotopic (exact) mass is 727 g/mol. The fraction of sp³-hybridized carbons (Fsp3) is 0.0833. The largest absolute Gasteiger partial charge is 0.457 e. The molecule has 6 heterocycles. The summed E-state index contributed by atoms with van der Waals surface area (Å²) in [5.74, 6) is 3.32. The Morgan fingerprint density at radius 3 is 2.09 bits per heavy atom. The maximum Gasteiger partial charge on any atom is 0.273 e. The van der Waals surface area contributed by atoms with Gasteiger partial charge in [-0.25, -0.2) is 0 Å². The highest BCUT2D eigenvalue weighted by atomic mass is 32.1. The molecule has 7 aromatic carbocycles. The highest BCUT2D eigenvalue weighted by Gasteiger charge is 2.44. The number of hydrogen-bond donors (Lipinski definition) is 0. The molecule has 0 bridgehead atoms. The van der Waals surface area contributed by atoms with Crippen LogP contribution in [-0.2, 0) is 5.41 Å². The summed E-state index contributed by atoms with van der Waals surface area (Å²) in [6.45, 7) is 6.66. The fourth-order valence-corrected chi connectivity index (χ4v) is 10.6. The zero-order valence-corrected chi connectivity index (χ0v) is 31.0. The van der Waals surface area contributed by atoms with Gasteiger partial charge in [0, 0.05) is 41.9 Å². The molecule has 0 radical (unpaired) electrons. The minimum Gasteiger partial charge on any atom is -0.457 e. The fourth-order valence-electron chi connectivity index (χ4n) is 9.36. The van der Waals surface area contributed by atoms with Crippen LogP contribution in [-0.4, -0.2) is 11.3 Å². The molecule has 2 aliphatic heterocycles. The third-order valence-corrected chi connectivity index (χ3v) is 13.1. The Kier molecular flexibility index (Phi) is 5.55. The molecule has 5 nitrogen and oxygen atoms in total. The number of rotatable bonds is 1. The van der Waals surface area contributed by atoms with Crippen LogP contribution >= 0.6 is 11.3 Å². The summed E-state index contributed by atoms with van der Waals surface area (Å²) < 4.78 is 32.2. The van der Waals surface area contributed by atoms with E-state index in [-0.39, 0.29) is 12.1 Å². The Balaban J connectivity index is 1.17. The predicted octanol–water partition coefficient (Wildman–Crippen LogP) is 11.8. The molecular formula is C48H30BNO4S. The molecule has 0 atom stereocenters. The smallest absolute Gasteiger partial charge is 0.273 e. The summed E-state index contributed by atoms with van der Waals surface area (Å²) in [6, 6.07) is 45.1. The highest BCUT2D eigenvalue weighted by molar-refractivity contribution is 7.33. The molecule has 0 N–H and O–H groups in total. The summed E-state index contributed by atoms with van der Waals surface area (Å²) in [7, 11) is 0. The Hall–Kier alpha value is -6.44. The van der Waals surface area contributed by atoms with E-state index in [4.69, 9.17) is 18.3 Å². The maximum atomic E-state index is 6.97. The molecule has 0 saturated carbocycles. The standard InChI is InChI=1S/C48H30BNO4S/c1-48(2,3)25-19-22-39-30(23-25)44-47(55-39)49-31-24-34(41-29-13-6-9-16-36(29)52-46(41)45(31)54-38-18-10-17-37(53-44)42(38)49)50-32-14-7-4-12-28(32)40-33(50)21-20-27-26-11-5-8-15-35(26)51-43(27)40/h4-24H,1-3H3. The molecule has 2 aliphatic rings. The Bertz CT molecular complexity index is 3500. The number of aromatic nitrogens is 1. The second kappa shape index (κ2) is 10.2. The second-order valence-corrected chi connectivity index (χ2v) is 17.0. The first-order chi connectivity index (χ1) is 26.9. The highest BCUT2D eigenvalue weighted by Crippen LogP contribution is 2.48. The predicted molar refractivity (Wildman–Crippen MR) is 227 cm³/mol. The van der Waals surface area contributed by atoms with E-state index >= 15 is 0 Å². The zero-order chi connectivity index (χ0) is 36.3. The summed E-state index contributed by atoms with van der Waals surface area (Å²) >= 11 is 1.81. The minimum absolute atomic E-state index is 0.00604. The van der Waals surface area contributed by atoms with Crippen molar-refractivity contribution < 1.29 is 18.3 Å². The lowest BCUT2D eigenvalue weighted by atomic mass is 9.37. The topological polar surface area (TPSA) is 49.7 Å². The molecule has 7 heteroatoms. The Morgan fingerprint density at radius 2 is 1.27 bits per heavy atom. The van der Waals surface area contributed by atoms with Gasteiger partial charge in [-0.3, -0.25) is 0 Å². The van der Waals surface area contributed by atoms with Crippen LogP contribution in [0.1, 0.15) is 26.3 Å². The maximum absolute atomic E-state index is 6.97. The van der Waals surface area contributed by atoms with Crippen LogP contribution in [0.4, 0.5) is 0 Å². The summed E-state index contributed by atoms with van der Waals surface area (Å²) in [5, 5.41) is 7.67. The minimum atomic E-state index is -0.124. The van der Waals surface area contributed by atoms with Gasteiger partial charge in [-0.15, -0.1) is 11.3 Å². The van der Waals surface area contributed by atoms with Gasteiger partial charge in [0.1, 0.15) is 34.0 Å². The van der Waals surface area contributed by atoms with E-state index in [2.05, 4.69) is 135 Å². The molecule has 0 aliphatic carbocycles. The lowest BCUT2D eigenvalue weighted by Crippen LogP contribution is -2.56. The van der Waals surface area contributed by atoms with Gasteiger partial charge < -0.3 is 22.9 Å². The van der Waals surface area contributed by atoms with E-state index in [9.17, 15) is 0 Å². The summed E-state index contributed by atoms with van der Waals surface area (Å²) in [4.78, 5) is 0. The summed E-state index contributed by atoms with van der Waals surface area (Å²) in [6.07, 6.45) is 0. The summed E-state index contributed by atoms with van der Waals surface area (Å²) in [5.41, 5.74) is 9.95. The number of hydrogen-bond acceptors (Lipinski definition) is 5. The number of fused-ring (bicyclic) bond motifs is 17. The van der Waals surface area contributed by atoms with Crippen molar-refractivity contribution in [2.45, 2.75) is 26.2 Å². The first-order valence-corrected chi connectivity index (χ1v) is 19.6. The van der Waals surface area contributed by atoms with Crippen LogP contribution in [0.25, 0.3) is 81.5 Å². The molecule has 0 spiro atoms. The van der Waals surface area contributed by atoms with Gasteiger partial charge in [0.2, 0.25) is 0 Å². The van der Waals surface area contributed by atoms with Crippen molar-refractivity contribution in [3.8, 4) is 28.7 Å². The van der Waals surface area contributed by atoms with Crippen molar-refractivity contribution in [2.75, 3.05) is 0 Å². The molecule has 4 aromatic heterocycles. The molecule has 0 fully saturated rings. The molecule has 11 aromatic rings. The van der Waals surface area contributed by atoms with Crippen LogP contribution in [0, 0.1) is 0 Å². The van der Waals surface area contributed by atoms with E-state index in [0.29, 0.717) is 0 Å². The number of furan rings is 2. The van der Waals surface area contributed by atoms with Crippen molar-refractivity contribution in [1.82, 2.24) is 4.57 Å². The Labute approximate surface area is 319 Å². The quantitative estimate of drug-likeness (QED) is 0.158. The van der Waals surface area contributed by atoms with Crippen LogP contribution in [0.2, 0.25) is 0 Å². The van der Waals surface area contributed by atoms with Gasteiger partial charge >= 0.3 is 0 Å². The molecular weight excluding hydrogens is 697 g/mol. The van der Waals surface area contributed by atoms with E-state index in [1.165, 1.54) is 15.0 Å². The van der Waals surface area contributed by atoms with Crippen molar-refractivity contribution in [3.05, 3.63) is 133 Å². The molecule has 0 amide bonds. The first kappa shape index (κ1) is 30.0. The average molecular weight is 728 g/mol. The SMILES string of the molecule is CC(C)(C)c1ccc2sc3c(c2c1)Oc1cccc2c1B3c1cc(-n3c4ccccc4c4c5oc6ccccc6c5ccc43)c3c(oc4ccccc43)c1O2. The number of nitrogens with zero attached hydrogens (tertiary/aromatic N) is 1. The van der Waals surface area contributed by atoms with Crippen LogP contribution in [0.3, 0.4) is 0 Å². The van der Waals surface area contributed by atoms with Crippen LogP contribution in [0.5, 0.6) is 23.0 Å². The number of para-hydroxylation sites is 3. The number of benzene rings is 7. The number of thiophene rings is 1. The molecule has 55 heavy (non-hydrogen) atoms. The van der Waals surface area contributed by atoms with E-state index in [0.717, 1.165) is 111 Å². The number of ether oxygens (including phenoxy) is 2. The van der Waals surface area contributed by atoms with Gasteiger partial charge in [-0.2, -0.15) is 0 Å². The second-order valence-electron chi connectivity index (χ2n) is 16.0. The molecule has 0 saturated heterocycles. The lowest BCUT2D eigenvalue weighted by molar-refractivity contribution is 0.464. The van der Waals surface area contributed by atoms with Crippen molar-refractivity contribution in [1.29, 1.82) is 0 Å².